The van der Waals surface area contributed by atoms with Gasteiger partial charge >= 0.3 is 11.9 Å². The lowest BCUT2D eigenvalue weighted by Crippen LogP contribution is -2.53. The fourth-order valence-electron chi connectivity index (χ4n) is 2.98. The average Bonchev–Trinajstić information content (AvgIpc) is 2.83. The van der Waals surface area contributed by atoms with Crippen molar-refractivity contribution < 1.29 is 51.6 Å². The number of nitrogens with one attached hydrogen (secondary N) is 3. The van der Waals surface area contributed by atoms with Crippen LogP contribution >= 0.6 is 0 Å². The van der Waals surface area contributed by atoms with Gasteiger partial charge in [0.25, 0.3) is 10.1 Å². The summed E-state index contributed by atoms with van der Waals surface area (Å²) in [5.74, 6) is -5.45. The van der Waals surface area contributed by atoms with E-state index in [0.29, 0.717) is 0 Å². The van der Waals surface area contributed by atoms with E-state index in [1.54, 1.807) is 13.8 Å². The molecule has 0 spiro atoms. The molecule has 0 aromatic rings. The Kier molecular flexibility index (Phi) is 16.3. The summed E-state index contributed by atoms with van der Waals surface area (Å²) in [6, 6.07) is -2.21. The first-order valence-corrected chi connectivity index (χ1v) is 13.8. The highest BCUT2D eigenvalue weighted by atomic mass is 32.2. The standard InChI is InChI=1S/C23H38N4O11S/c1-5-13-38-20(31)9-12-27(19(30)7-6-17(28)24-10-14-39(35,36)37)11-8-18(29)26-21(15(2)3)22(32)25-16(4)23(33)34/h5,15-16,21H,1,6-14H2,2-4H3,(H,24,28)(H,25,32)(H,26,29)(H,33,34)(H,35,36,37). The summed E-state index contributed by atoms with van der Waals surface area (Å²) in [5.41, 5.74) is 0. The number of carboxylic acids is 1. The Morgan fingerprint density at radius 3 is 2.10 bits per heavy atom. The number of carboxylic acid groups (broad SMARTS) is 1. The van der Waals surface area contributed by atoms with Gasteiger partial charge in [0.05, 0.1) is 12.2 Å². The summed E-state index contributed by atoms with van der Waals surface area (Å²) >= 11 is 0. The number of carbonyl (C=O) groups is 6. The highest BCUT2D eigenvalue weighted by molar-refractivity contribution is 7.85. The summed E-state index contributed by atoms with van der Waals surface area (Å²) < 4.78 is 35.0. The first-order chi connectivity index (χ1) is 18.1. The third kappa shape index (κ3) is 16.8. The molecule has 0 aliphatic rings. The van der Waals surface area contributed by atoms with E-state index >= 15 is 0 Å². The van der Waals surface area contributed by atoms with Crippen molar-refractivity contribution in [2.24, 2.45) is 5.92 Å². The lowest BCUT2D eigenvalue weighted by atomic mass is 10.0. The van der Waals surface area contributed by atoms with E-state index in [2.05, 4.69) is 22.5 Å². The van der Waals surface area contributed by atoms with Crippen LogP contribution in [0.2, 0.25) is 0 Å². The Balaban J connectivity index is 5.15. The lowest BCUT2D eigenvalue weighted by molar-refractivity contribution is -0.144. The number of hydrogen-bond acceptors (Lipinski definition) is 9. The quantitative estimate of drug-likeness (QED) is 0.0698. The molecule has 0 bridgehead atoms. The number of ether oxygens (including phenoxy) is 1. The van der Waals surface area contributed by atoms with Gasteiger partial charge < -0.3 is 30.7 Å². The van der Waals surface area contributed by atoms with Gasteiger partial charge in [-0.05, 0) is 12.8 Å². The van der Waals surface area contributed by atoms with E-state index in [-0.39, 0.29) is 57.8 Å². The van der Waals surface area contributed by atoms with Crippen LogP contribution in [0, 0.1) is 5.92 Å². The smallest absolute Gasteiger partial charge is 0.325 e. The summed E-state index contributed by atoms with van der Waals surface area (Å²) in [4.78, 5) is 73.7. The van der Waals surface area contributed by atoms with Crippen molar-refractivity contribution in [3.05, 3.63) is 12.7 Å². The minimum Gasteiger partial charge on any atom is -0.480 e. The van der Waals surface area contributed by atoms with Gasteiger partial charge in [0.2, 0.25) is 23.6 Å². The van der Waals surface area contributed by atoms with Gasteiger partial charge in [0.15, 0.2) is 0 Å². The molecule has 0 saturated carbocycles. The van der Waals surface area contributed by atoms with E-state index < -0.39 is 63.5 Å². The molecule has 0 aromatic carbocycles. The minimum absolute atomic E-state index is 0.0297. The fraction of sp³-hybridized carbons (Fsp3) is 0.652. The maximum absolute atomic E-state index is 12.7. The van der Waals surface area contributed by atoms with Crippen LogP contribution < -0.4 is 16.0 Å². The summed E-state index contributed by atoms with van der Waals surface area (Å²) in [6.45, 7) is 7.34. The third-order valence-corrected chi connectivity index (χ3v) is 5.87. The number of esters is 1. The van der Waals surface area contributed by atoms with Gasteiger partial charge in [-0.25, -0.2) is 0 Å². The third-order valence-electron chi connectivity index (χ3n) is 5.15. The predicted molar refractivity (Wildman–Crippen MR) is 138 cm³/mol. The average molecular weight is 579 g/mol. The largest absolute Gasteiger partial charge is 0.480 e. The number of nitrogens with zero attached hydrogens (tertiary/aromatic N) is 1. The number of amides is 4. The number of hydrogen-bond donors (Lipinski definition) is 5. The molecule has 39 heavy (non-hydrogen) atoms. The Labute approximate surface area is 227 Å². The predicted octanol–water partition coefficient (Wildman–Crippen LogP) is -1.16. The number of rotatable bonds is 19. The molecule has 0 radical (unpaired) electrons. The molecule has 0 fully saturated rings. The van der Waals surface area contributed by atoms with Crippen LogP contribution in [0.3, 0.4) is 0 Å². The molecule has 0 heterocycles. The van der Waals surface area contributed by atoms with Crippen LogP contribution in [-0.2, 0) is 43.6 Å². The Morgan fingerprint density at radius 1 is 0.949 bits per heavy atom. The van der Waals surface area contributed by atoms with Crippen LogP contribution in [0.5, 0.6) is 0 Å². The number of aliphatic carboxylic acids is 1. The van der Waals surface area contributed by atoms with Crippen molar-refractivity contribution in [2.75, 3.05) is 32.0 Å². The molecule has 2 atom stereocenters. The molecule has 0 saturated heterocycles. The van der Waals surface area contributed by atoms with Crippen molar-refractivity contribution >= 4 is 45.7 Å². The van der Waals surface area contributed by atoms with E-state index in [1.165, 1.54) is 17.9 Å². The summed E-state index contributed by atoms with van der Waals surface area (Å²) in [7, 11) is -4.26. The van der Waals surface area contributed by atoms with E-state index in [4.69, 9.17) is 14.4 Å². The van der Waals surface area contributed by atoms with Gasteiger partial charge in [0, 0.05) is 38.9 Å². The Bertz CT molecular complexity index is 998. The molecule has 15 nitrogen and oxygen atoms in total. The normalized spacial score (nSPS) is 12.5. The first-order valence-electron chi connectivity index (χ1n) is 12.2. The van der Waals surface area contributed by atoms with E-state index in [0.717, 1.165) is 0 Å². The second kappa shape index (κ2) is 17.9. The second-order valence-electron chi connectivity index (χ2n) is 8.85. The molecule has 0 aliphatic carbocycles. The van der Waals surface area contributed by atoms with Crippen LogP contribution in [0.4, 0.5) is 0 Å². The van der Waals surface area contributed by atoms with Gasteiger partial charge in [-0.2, -0.15) is 8.42 Å². The Hall–Kier alpha value is -3.53. The monoisotopic (exact) mass is 578 g/mol. The van der Waals surface area contributed by atoms with Crippen molar-refractivity contribution in [3.8, 4) is 0 Å². The van der Waals surface area contributed by atoms with Crippen molar-refractivity contribution in [1.82, 2.24) is 20.9 Å². The molecule has 0 rings (SSSR count). The van der Waals surface area contributed by atoms with Gasteiger partial charge in [0.1, 0.15) is 18.7 Å². The Morgan fingerprint density at radius 2 is 1.56 bits per heavy atom. The SMILES string of the molecule is C=CCOC(=O)CCN(CCC(=O)NC(C(=O)NC(C)C(=O)O)C(C)C)C(=O)CCC(=O)NCCS(=O)(=O)O. The maximum Gasteiger partial charge on any atom is 0.325 e. The highest BCUT2D eigenvalue weighted by Crippen LogP contribution is 2.06. The molecular weight excluding hydrogens is 540 g/mol. The van der Waals surface area contributed by atoms with Crippen LogP contribution in [-0.4, -0.2) is 103 Å². The van der Waals surface area contributed by atoms with Crippen molar-refractivity contribution in [1.29, 1.82) is 0 Å². The molecule has 0 aliphatic heterocycles. The molecule has 0 aromatic heterocycles. The highest BCUT2D eigenvalue weighted by Gasteiger charge is 2.27. The molecule has 2 unspecified atom stereocenters. The molecule has 16 heteroatoms. The second-order valence-corrected chi connectivity index (χ2v) is 10.4. The zero-order chi connectivity index (χ0) is 30.2. The van der Waals surface area contributed by atoms with Gasteiger partial charge in [-0.3, -0.25) is 33.3 Å². The fourth-order valence-corrected chi connectivity index (χ4v) is 3.34. The van der Waals surface area contributed by atoms with Crippen LogP contribution in [0.1, 0.15) is 46.5 Å². The van der Waals surface area contributed by atoms with Crippen molar-refractivity contribution in [3.63, 3.8) is 0 Å². The number of carbonyl (C=O) groups excluding carboxylic acids is 5. The van der Waals surface area contributed by atoms with E-state index in [1.807, 2.05) is 0 Å². The zero-order valence-electron chi connectivity index (χ0n) is 22.3. The van der Waals surface area contributed by atoms with E-state index in [9.17, 15) is 37.2 Å². The molecule has 5 N–H and O–H groups in total. The topological polar surface area (TPSA) is 226 Å². The minimum atomic E-state index is -4.26. The van der Waals surface area contributed by atoms with Crippen LogP contribution in [0.15, 0.2) is 12.7 Å². The molecular formula is C23H38N4O11S. The summed E-state index contributed by atoms with van der Waals surface area (Å²) in [5, 5.41) is 16.0. The molecule has 222 valence electrons. The van der Waals surface area contributed by atoms with Crippen LogP contribution in [0.25, 0.3) is 0 Å². The lowest BCUT2D eigenvalue weighted by Gasteiger charge is -2.25. The van der Waals surface area contributed by atoms with Gasteiger partial charge in [-0.1, -0.05) is 26.5 Å². The molecule has 4 amide bonds. The zero-order valence-corrected chi connectivity index (χ0v) is 23.1. The van der Waals surface area contributed by atoms with Gasteiger partial charge in [-0.15, -0.1) is 0 Å². The summed E-state index contributed by atoms with van der Waals surface area (Å²) in [6.07, 6.45) is 0.269. The maximum atomic E-state index is 12.7. The first kappa shape index (κ1) is 35.5. The van der Waals surface area contributed by atoms with Crippen molar-refractivity contribution in [2.45, 2.75) is 58.5 Å².